The third-order valence-corrected chi connectivity index (χ3v) is 2.63. The number of amides is 1. The molecule has 0 atom stereocenters. The van der Waals surface area contributed by atoms with Crippen LogP contribution in [0.1, 0.15) is 12.0 Å². The smallest absolute Gasteiger partial charge is 0.234 e. The molecule has 0 saturated heterocycles. The summed E-state index contributed by atoms with van der Waals surface area (Å²) in [6.45, 7) is 0.481. The van der Waals surface area contributed by atoms with E-state index in [0.717, 1.165) is 5.56 Å². The van der Waals surface area contributed by atoms with Crippen molar-refractivity contribution in [3.63, 3.8) is 0 Å². The SMILES string of the molecule is CSc1ccc(CNC(=O)CC#N)cc1. The molecule has 0 fully saturated rings. The number of thioether (sulfide) groups is 1. The highest BCUT2D eigenvalue weighted by Crippen LogP contribution is 2.14. The van der Waals surface area contributed by atoms with E-state index in [0.29, 0.717) is 6.54 Å². The summed E-state index contributed by atoms with van der Waals surface area (Å²) in [4.78, 5) is 12.2. The van der Waals surface area contributed by atoms with Crippen molar-refractivity contribution in [3.8, 4) is 6.07 Å². The van der Waals surface area contributed by atoms with Crippen LogP contribution in [0.15, 0.2) is 29.2 Å². The highest BCUT2D eigenvalue weighted by molar-refractivity contribution is 7.98. The van der Waals surface area contributed by atoms with Crippen molar-refractivity contribution in [2.75, 3.05) is 6.26 Å². The quantitative estimate of drug-likeness (QED) is 0.789. The second kappa shape index (κ2) is 6.10. The summed E-state index contributed by atoms with van der Waals surface area (Å²) in [6.07, 6.45) is 1.94. The Bertz CT molecular complexity index is 367. The first-order valence-electron chi connectivity index (χ1n) is 4.53. The number of nitrogens with zero attached hydrogens (tertiary/aromatic N) is 1. The molecule has 0 aliphatic rings. The van der Waals surface area contributed by atoms with E-state index in [9.17, 15) is 4.79 Å². The molecule has 0 saturated carbocycles. The molecule has 1 N–H and O–H groups in total. The van der Waals surface area contributed by atoms with Crippen LogP contribution in [0.3, 0.4) is 0 Å². The van der Waals surface area contributed by atoms with E-state index in [-0.39, 0.29) is 12.3 Å². The Morgan fingerprint density at radius 1 is 1.47 bits per heavy atom. The first-order chi connectivity index (χ1) is 7.26. The molecule has 0 aliphatic carbocycles. The Labute approximate surface area is 93.5 Å². The Balaban J connectivity index is 2.45. The lowest BCUT2D eigenvalue weighted by atomic mass is 10.2. The molecule has 0 aromatic heterocycles. The third-order valence-electron chi connectivity index (χ3n) is 1.89. The molecule has 1 aromatic rings. The average Bonchev–Trinajstić information content (AvgIpc) is 2.27. The Hall–Kier alpha value is -1.47. The van der Waals surface area contributed by atoms with Crippen molar-refractivity contribution in [1.29, 1.82) is 5.26 Å². The average molecular weight is 220 g/mol. The molecular weight excluding hydrogens is 208 g/mol. The van der Waals surface area contributed by atoms with Crippen LogP contribution in [0.25, 0.3) is 0 Å². The molecule has 0 bridgehead atoms. The summed E-state index contributed by atoms with van der Waals surface area (Å²) >= 11 is 1.68. The van der Waals surface area contributed by atoms with E-state index < -0.39 is 0 Å². The van der Waals surface area contributed by atoms with Gasteiger partial charge in [-0.3, -0.25) is 4.79 Å². The van der Waals surface area contributed by atoms with Crippen LogP contribution in [0, 0.1) is 11.3 Å². The number of benzene rings is 1. The molecule has 0 radical (unpaired) electrons. The highest BCUT2D eigenvalue weighted by Gasteiger charge is 1.99. The van der Waals surface area contributed by atoms with E-state index in [4.69, 9.17) is 5.26 Å². The molecule has 1 rings (SSSR count). The third kappa shape index (κ3) is 4.05. The van der Waals surface area contributed by atoms with Gasteiger partial charge in [0, 0.05) is 11.4 Å². The van der Waals surface area contributed by atoms with Gasteiger partial charge in [0.15, 0.2) is 0 Å². The van der Waals surface area contributed by atoms with E-state index in [1.165, 1.54) is 4.90 Å². The monoisotopic (exact) mass is 220 g/mol. The van der Waals surface area contributed by atoms with E-state index in [1.54, 1.807) is 17.8 Å². The Kier molecular flexibility index (Phi) is 4.72. The molecule has 0 heterocycles. The number of carbonyl (C=O) groups excluding carboxylic acids is 1. The number of carbonyl (C=O) groups is 1. The van der Waals surface area contributed by atoms with Gasteiger partial charge in [0.1, 0.15) is 6.42 Å². The van der Waals surface area contributed by atoms with Crippen molar-refractivity contribution in [2.24, 2.45) is 0 Å². The van der Waals surface area contributed by atoms with Gasteiger partial charge in [-0.2, -0.15) is 5.26 Å². The number of nitriles is 1. The zero-order chi connectivity index (χ0) is 11.1. The minimum absolute atomic E-state index is 0.0805. The Morgan fingerprint density at radius 2 is 2.13 bits per heavy atom. The Morgan fingerprint density at radius 3 is 2.67 bits per heavy atom. The number of nitrogens with one attached hydrogen (secondary N) is 1. The summed E-state index contributed by atoms with van der Waals surface area (Å²) in [5, 5.41) is 11.0. The number of hydrogen-bond acceptors (Lipinski definition) is 3. The summed E-state index contributed by atoms with van der Waals surface area (Å²) in [5.41, 5.74) is 1.04. The van der Waals surface area contributed by atoms with Gasteiger partial charge in [0.05, 0.1) is 6.07 Å². The fourth-order valence-corrected chi connectivity index (χ4v) is 1.49. The van der Waals surface area contributed by atoms with Crippen LogP contribution < -0.4 is 5.32 Å². The van der Waals surface area contributed by atoms with Gasteiger partial charge in [-0.1, -0.05) is 12.1 Å². The second-order valence-corrected chi connectivity index (χ2v) is 3.84. The first-order valence-corrected chi connectivity index (χ1v) is 5.75. The molecule has 0 spiro atoms. The van der Waals surface area contributed by atoms with Crippen LogP contribution in [-0.2, 0) is 11.3 Å². The zero-order valence-electron chi connectivity index (χ0n) is 8.49. The van der Waals surface area contributed by atoms with Gasteiger partial charge in [-0.25, -0.2) is 0 Å². The highest BCUT2D eigenvalue weighted by atomic mass is 32.2. The van der Waals surface area contributed by atoms with Gasteiger partial charge in [0.25, 0.3) is 0 Å². The fourth-order valence-electron chi connectivity index (χ4n) is 1.08. The summed E-state index contributed by atoms with van der Waals surface area (Å²) < 4.78 is 0. The van der Waals surface area contributed by atoms with Crippen LogP contribution >= 0.6 is 11.8 Å². The van der Waals surface area contributed by atoms with Crippen LogP contribution in [0.2, 0.25) is 0 Å². The molecule has 4 heteroatoms. The van der Waals surface area contributed by atoms with Gasteiger partial charge >= 0.3 is 0 Å². The fraction of sp³-hybridized carbons (Fsp3) is 0.273. The standard InChI is InChI=1S/C11H12N2OS/c1-15-10-4-2-9(3-5-10)8-13-11(14)6-7-12/h2-5H,6,8H2,1H3,(H,13,14). The van der Waals surface area contributed by atoms with Gasteiger partial charge in [-0.05, 0) is 24.0 Å². The molecule has 78 valence electrons. The van der Waals surface area contributed by atoms with Gasteiger partial charge in [-0.15, -0.1) is 11.8 Å². The number of hydrogen-bond donors (Lipinski definition) is 1. The minimum atomic E-state index is -0.230. The molecule has 1 aromatic carbocycles. The van der Waals surface area contributed by atoms with E-state index in [1.807, 2.05) is 30.5 Å². The van der Waals surface area contributed by atoms with Crippen LogP contribution in [-0.4, -0.2) is 12.2 Å². The molecule has 1 amide bonds. The predicted octanol–water partition coefficient (Wildman–Crippen LogP) is 1.94. The summed E-state index contributed by atoms with van der Waals surface area (Å²) in [7, 11) is 0. The predicted molar refractivity (Wildman–Crippen MR) is 60.3 cm³/mol. The zero-order valence-corrected chi connectivity index (χ0v) is 9.30. The van der Waals surface area contributed by atoms with Crippen molar-refractivity contribution >= 4 is 17.7 Å². The van der Waals surface area contributed by atoms with Crippen molar-refractivity contribution in [1.82, 2.24) is 5.32 Å². The van der Waals surface area contributed by atoms with Crippen molar-refractivity contribution < 1.29 is 4.79 Å². The molecule has 0 aliphatic heterocycles. The largest absolute Gasteiger partial charge is 0.351 e. The topological polar surface area (TPSA) is 52.9 Å². The molecule has 15 heavy (non-hydrogen) atoms. The number of rotatable bonds is 4. The second-order valence-electron chi connectivity index (χ2n) is 2.96. The molecule has 3 nitrogen and oxygen atoms in total. The maximum absolute atomic E-state index is 11.0. The van der Waals surface area contributed by atoms with Gasteiger partial charge < -0.3 is 5.32 Å². The minimum Gasteiger partial charge on any atom is -0.351 e. The van der Waals surface area contributed by atoms with Crippen molar-refractivity contribution in [3.05, 3.63) is 29.8 Å². The lowest BCUT2D eigenvalue weighted by Crippen LogP contribution is -2.21. The molecule has 0 unspecified atom stereocenters. The summed E-state index contributed by atoms with van der Waals surface area (Å²) in [5.74, 6) is -0.230. The van der Waals surface area contributed by atoms with Crippen LogP contribution in [0.5, 0.6) is 0 Å². The maximum Gasteiger partial charge on any atom is 0.234 e. The van der Waals surface area contributed by atoms with E-state index >= 15 is 0 Å². The first kappa shape index (κ1) is 11.6. The normalized spacial score (nSPS) is 9.33. The van der Waals surface area contributed by atoms with Crippen LogP contribution in [0.4, 0.5) is 0 Å². The summed E-state index contributed by atoms with van der Waals surface area (Å²) in [6, 6.07) is 9.77. The lowest BCUT2D eigenvalue weighted by molar-refractivity contribution is -0.120. The maximum atomic E-state index is 11.0. The molecular formula is C11H12N2OS. The lowest BCUT2D eigenvalue weighted by Gasteiger charge is -2.03. The van der Waals surface area contributed by atoms with Crippen molar-refractivity contribution in [2.45, 2.75) is 17.9 Å². The van der Waals surface area contributed by atoms with E-state index in [2.05, 4.69) is 5.32 Å². The van der Waals surface area contributed by atoms with Gasteiger partial charge in [0.2, 0.25) is 5.91 Å².